The van der Waals surface area contributed by atoms with E-state index in [9.17, 15) is 9.18 Å². The number of halogens is 1. The zero-order valence-electron chi connectivity index (χ0n) is 12.4. The highest BCUT2D eigenvalue weighted by atomic mass is 19.1. The Labute approximate surface area is 124 Å². The van der Waals surface area contributed by atoms with Crippen molar-refractivity contribution in [2.75, 3.05) is 33.9 Å². The van der Waals surface area contributed by atoms with Crippen molar-refractivity contribution in [2.45, 2.75) is 12.8 Å². The second-order valence-electron chi connectivity index (χ2n) is 4.54. The fraction of sp³-hybridized carbons (Fsp3) is 0.438. The Balaban J connectivity index is 2.90. The summed E-state index contributed by atoms with van der Waals surface area (Å²) in [6.45, 7) is 1.06. The van der Waals surface area contributed by atoms with Crippen molar-refractivity contribution in [1.82, 2.24) is 4.90 Å². The number of carbonyl (C=O) groups excluding carboxylic acids is 1. The molecule has 0 aliphatic rings. The number of hydrogen-bond donors (Lipinski definition) is 1. The van der Waals surface area contributed by atoms with Gasteiger partial charge in [-0.15, -0.1) is 0 Å². The van der Waals surface area contributed by atoms with Crippen LogP contribution in [0.2, 0.25) is 0 Å². The molecule has 0 fully saturated rings. The average molecular weight is 293 g/mol. The molecule has 1 rings (SSSR count). The maximum Gasteiger partial charge on any atom is 0.254 e. The van der Waals surface area contributed by atoms with E-state index in [1.165, 1.54) is 18.2 Å². The Kier molecular flexibility index (Phi) is 7.44. The number of aliphatic hydroxyl groups excluding tert-OH is 1. The van der Waals surface area contributed by atoms with Crippen LogP contribution in [0.15, 0.2) is 18.2 Å². The van der Waals surface area contributed by atoms with Crippen LogP contribution in [0.1, 0.15) is 28.8 Å². The number of hydrogen-bond acceptors (Lipinski definition) is 3. The van der Waals surface area contributed by atoms with Crippen LogP contribution in [0.3, 0.4) is 0 Å². The minimum absolute atomic E-state index is 0.0669. The van der Waals surface area contributed by atoms with E-state index in [0.29, 0.717) is 24.3 Å². The largest absolute Gasteiger partial charge is 0.395 e. The number of benzene rings is 1. The van der Waals surface area contributed by atoms with Gasteiger partial charge in [-0.3, -0.25) is 4.79 Å². The molecule has 0 saturated carbocycles. The second-order valence-corrected chi connectivity index (χ2v) is 4.54. The maximum atomic E-state index is 13.3. The second kappa shape index (κ2) is 9.11. The zero-order chi connectivity index (χ0) is 15.7. The number of aliphatic hydroxyl groups is 1. The lowest BCUT2D eigenvalue weighted by atomic mass is 10.1. The van der Waals surface area contributed by atoms with E-state index in [0.717, 1.165) is 6.42 Å². The summed E-state index contributed by atoms with van der Waals surface area (Å²) in [6.07, 6.45) is 1.01. The summed E-state index contributed by atoms with van der Waals surface area (Å²) in [7, 11) is 3.29. The van der Waals surface area contributed by atoms with Gasteiger partial charge in [0, 0.05) is 39.3 Å². The number of carbonyl (C=O) groups is 1. The fourth-order valence-electron chi connectivity index (χ4n) is 1.77. The van der Waals surface area contributed by atoms with Gasteiger partial charge in [0.15, 0.2) is 0 Å². The molecule has 21 heavy (non-hydrogen) atoms. The maximum absolute atomic E-state index is 13.3. The molecule has 0 radical (unpaired) electrons. The molecule has 0 atom stereocenters. The van der Waals surface area contributed by atoms with E-state index in [2.05, 4.69) is 11.8 Å². The van der Waals surface area contributed by atoms with Gasteiger partial charge in [-0.05, 0) is 24.6 Å². The van der Waals surface area contributed by atoms with Gasteiger partial charge in [0.05, 0.1) is 12.2 Å². The smallest absolute Gasteiger partial charge is 0.254 e. The van der Waals surface area contributed by atoms with Crippen molar-refractivity contribution >= 4 is 5.91 Å². The van der Waals surface area contributed by atoms with Gasteiger partial charge in [-0.25, -0.2) is 4.39 Å². The molecule has 0 unspecified atom stereocenters. The summed E-state index contributed by atoms with van der Waals surface area (Å²) in [5, 5.41) is 8.72. The highest BCUT2D eigenvalue weighted by Crippen LogP contribution is 2.13. The Morgan fingerprint density at radius 1 is 1.48 bits per heavy atom. The van der Waals surface area contributed by atoms with Crippen molar-refractivity contribution in [3.63, 3.8) is 0 Å². The van der Waals surface area contributed by atoms with E-state index in [4.69, 9.17) is 9.84 Å². The first-order valence-electron chi connectivity index (χ1n) is 6.73. The molecule has 1 aromatic rings. The molecule has 0 aliphatic heterocycles. The van der Waals surface area contributed by atoms with E-state index >= 15 is 0 Å². The molecule has 5 heteroatoms. The lowest BCUT2D eigenvalue weighted by molar-refractivity contribution is 0.0779. The van der Waals surface area contributed by atoms with Gasteiger partial charge in [0.25, 0.3) is 5.91 Å². The van der Waals surface area contributed by atoms with Crippen LogP contribution in [0.4, 0.5) is 4.39 Å². The number of nitrogens with zero attached hydrogens (tertiary/aromatic N) is 1. The van der Waals surface area contributed by atoms with Crippen molar-refractivity contribution in [1.29, 1.82) is 0 Å². The van der Waals surface area contributed by atoms with Crippen LogP contribution < -0.4 is 0 Å². The van der Waals surface area contributed by atoms with Gasteiger partial charge in [0.1, 0.15) is 5.82 Å². The summed E-state index contributed by atoms with van der Waals surface area (Å²) in [6, 6.07) is 3.92. The molecule has 1 N–H and O–H groups in total. The molecule has 114 valence electrons. The molecule has 0 spiro atoms. The highest BCUT2D eigenvalue weighted by molar-refractivity contribution is 5.96. The number of methoxy groups -OCH3 is 1. The summed E-state index contributed by atoms with van der Waals surface area (Å²) in [5.41, 5.74) is 0.703. The van der Waals surface area contributed by atoms with Crippen molar-refractivity contribution in [3.8, 4) is 11.8 Å². The first kappa shape index (κ1) is 17.2. The minimum Gasteiger partial charge on any atom is -0.395 e. The van der Waals surface area contributed by atoms with Gasteiger partial charge in [-0.2, -0.15) is 0 Å². The predicted octanol–water partition coefficient (Wildman–Crippen LogP) is 1.67. The predicted molar refractivity (Wildman–Crippen MR) is 78.4 cm³/mol. The van der Waals surface area contributed by atoms with Crippen LogP contribution in [-0.4, -0.2) is 49.8 Å². The zero-order valence-corrected chi connectivity index (χ0v) is 12.4. The third kappa shape index (κ3) is 5.54. The topological polar surface area (TPSA) is 49.8 Å². The van der Waals surface area contributed by atoms with E-state index in [-0.39, 0.29) is 18.9 Å². The molecule has 0 bridgehead atoms. The lowest BCUT2D eigenvalue weighted by Crippen LogP contribution is -2.29. The SMILES string of the molecule is COCCCN(C)C(=O)c1ccc(F)cc1C#CCCO. The van der Waals surface area contributed by atoms with E-state index in [1.54, 1.807) is 19.1 Å². The third-order valence-electron chi connectivity index (χ3n) is 2.86. The van der Waals surface area contributed by atoms with Crippen LogP contribution in [0.25, 0.3) is 0 Å². The third-order valence-corrected chi connectivity index (χ3v) is 2.86. The molecule has 0 aliphatic carbocycles. The number of rotatable bonds is 6. The standard InChI is InChI=1S/C16H20FNO3/c1-18(9-5-11-21-2)16(20)15-8-7-14(17)12-13(15)6-3-4-10-19/h7-8,12,19H,4-5,9-11H2,1-2H3. The van der Waals surface area contributed by atoms with Crippen LogP contribution in [0, 0.1) is 17.7 Å². The average Bonchev–Trinajstić information content (AvgIpc) is 2.47. The Bertz CT molecular complexity index is 534. The number of amides is 1. The van der Waals surface area contributed by atoms with Crippen LogP contribution >= 0.6 is 0 Å². The first-order chi connectivity index (χ1) is 10.1. The van der Waals surface area contributed by atoms with Gasteiger partial charge < -0.3 is 14.7 Å². The van der Waals surface area contributed by atoms with Gasteiger partial charge in [0.2, 0.25) is 0 Å². The molecular formula is C16H20FNO3. The molecular weight excluding hydrogens is 273 g/mol. The van der Waals surface area contributed by atoms with E-state index < -0.39 is 5.82 Å². The molecule has 4 nitrogen and oxygen atoms in total. The van der Waals surface area contributed by atoms with E-state index in [1.807, 2.05) is 0 Å². The minimum atomic E-state index is -0.443. The van der Waals surface area contributed by atoms with Crippen molar-refractivity contribution in [2.24, 2.45) is 0 Å². The highest BCUT2D eigenvalue weighted by Gasteiger charge is 2.15. The lowest BCUT2D eigenvalue weighted by Gasteiger charge is -2.17. The number of ether oxygens (including phenoxy) is 1. The fourth-order valence-corrected chi connectivity index (χ4v) is 1.77. The molecule has 0 heterocycles. The molecule has 1 aromatic carbocycles. The Morgan fingerprint density at radius 2 is 2.24 bits per heavy atom. The summed E-state index contributed by atoms with van der Waals surface area (Å²) in [5.74, 6) is 4.79. The Morgan fingerprint density at radius 3 is 2.90 bits per heavy atom. The van der Waals surface area contributed by atoms with Crippen LogP contribution in [-0.2, 0) is 4.74 Å². The summed E-state index contributed by atoms with van der Waals surface area (Å²) >= 11 is 0. The molecule has 0 aromatic heterocycles. The molecule has 0 saturated heterocycles. The quantitative estimate of drug-likeness (QED) is 0.641. The molecule has 1 amide bonds. The van der Waals surface area contributed by atoms with Crippen molar-refractivity contribution in [3.05, 3.63) is 35.1 Å². The monoisotopic (exact) mass is 293 g/mol. The summed E-state index contributed by atoms with van der Waals surface area (Å²) in [4.78, 5) is 13.9. The summed E-state index contributed by atoms with van der Waals surface area (Å²) < 4.78 is 18.3. The normalized spacial score (nSPS) is 9.90. The first-order valence-corrected chi connectivity index (χ1v) is 6.73. The van der Waals surface area contributed by atoms with Gasteiger partial charge >= 0.3 is 0 Å². The van der Waals surface area contributed by atoms with Crippen LogP contribution in [0.5, 0.6) is 0 Å². The van der Waals surface area contributed by atoms with Gasteiger partial charge in [-0.1, -0.05) is 11.8 Å². The van der Waals surface area contributed by atoms with Crippen molar-refractivity contribution < 1.29 is 19.0 Å². The Hall–Kier alpha value is -1.90.